The van der Waals surface area contributed by atoms with Crippen molar-refractivity contribution in [2.45, 2.75) is 19.3 Å². The molecule has 1 aromatic carbocycles. The Morgan fingerprint density at radius 1 is 1.25 bits per heavy atom. The van der Waals surface area contributed by atoms with E-state index < -0.39 is 0 Å². The van der Waals surface area contributed by atoms with E-state index >= 15 is 0 Å². The summed E-state index contributed by atoms with van der Waals surface area (Å²) < 4.78 is 0. The highest BCUT2D eigenvalue weighted by atomic mass is 16.3. The molecule has 20 heavy (non-hydrogen) atoms. The second kappa shape index (κ2) is 8.87. The average Bonchev–Trinajstić information content (AvgIpc) is 2.46. The van der Waals surface area contributed by atoms with Crippen molar-refractivity contribution in [3.8, 4) is 0 Å². The van der Waals surface area contributed by atoms with Crippen LogP contribution in [0.2, 0.25) is 0 Å². The minimum absolute atomic E-state index is 0.0515. The van der Waals surface area contributed by atoms with Crippen molar-refractivity contribution in [1.29, 1.82) is 0 Å². The highest BCUT2D eigenvalue weighted by Crippen LogP contribution is 2.10. The van der Waals surface area contributed by atoms with Gasteiger partial charge in [0, 0.05) is 30.8 Å². The number of rotatable bonds is 8. The molecule has 2 amide bonds. The number of amides is 2. The molecule has 0 saturated carbocycles. The lowest BCUT2D eigenvalue weighted by molar-refractivity contribution is -0.116. The highest BCUT2D eigenvalue weighted by Gasteiger charge is 2.05. The Morgan fingerprint density at radius 3 is 2.55 bits per heavy atom. The third-order valence-electron chi connectivity index (χ3n) is 2.63. The molecule has 0 atom stereocenters. The minimum atomic E-state index is -0.192. The van der Waals surface area contributed by atoms with Crippen LogP contribution >= 0.6 is 0 Å². The van der Waals surface area contributed by atoms with Crippen LogP contribution < -0.4 is 10.6 Å². The number of aliphatic hydroxyl groups is 1. The summed E-state index contributed by atoms with van der Waals surface area (Å²) >= 11 is 0. The van der Waals surface area contributed by atoms with Gasteiger partial charge in [0.05, 0.1) is 0 Å². The first-order valence-electron chi connectivity index (χ1n) is 6.57. The van der Waals surface area contributed by atoms with E-state index in [9.17, 15) is 9.59 Å². The molecule has 3 N–H and O–H groups in total. The second-order valence-corrected chi connectivity index (χ2v) is 4.29. The summed E-state index contributed by atoms with van der Waals surface area (Å²) in [5, 5.41) is 14.1. The van der Waals surface area contributed by atoms with Gasteiger partial charge in [-0.15, -0.1) is 6.58 Å². The molecule has 0 spiro atoms. The summed E-state index contributed by atoms with van der Waals surface area (Å²) in [6, 6.07) is 6.67. The van der Waals surface area contributed by atoms with Crippen LogP contribution in [-0.4, -0.2) is 30.1 Å². The molecule has 1 aromatic rings. The van der Waals surface area contributed by atoms with Crippen molar-refractivity contribution >= 4 is 17.5 Å². The molecule has 0 aliphatic rings. The zero-order valence-electron chi connectivity index (χ0n) is 11.4. The number of aliphatic hydroxyl groups excluding tert-OH is 1. The first-order valence-corrected chi connectivity index (χ1v) is 6.57. The average molecular weight is 276 g/mol. The Morgan fingerprint density at radius 2 is 1.95 bits per heavy atom. The number of anilines is 1. The maximum absolute atomic E-state index is 11.7. The molecule has 0 aromatic heterocycles. The molecule has 108 valence electrons. The molecule has 5 heteroatoms. The highest BCUT2D eigenvalue weighted by molar-refractivity contribution is 5.95. The van der Waals surface area contributed by atoms with Gasteiger partial charge in [0.15, 0.2) is 0 Å². The molecule has 0 radical (unpaired) electrons. The van der Waals surface area contributed by atoms with Gasteiger partial charge in [0.1, 0.15) is 0 Å². The lowest BCUT2D eigenvalue weighted by atomic mass is 10.2. The monoisotopic (exact) mass is 276 g/mol. The van der Waals surface area contributed by atoms with Gasteiger partial charge in [-0.3, -0.25) is 9.59 Å². The lowest BCUT2D eigenvalue weighted by Gasteiger charge is -2.07. The van der Waals surface area contributed by atoms with Crippen molar-refractivity contribution in [3.05, 3.63) is 42.5 Å². The quantitative estimate of drug-likeness (QED) is 0.499. The molecule has 0 fully saturated rings. The molecule has 0 saturated heterocycles. The summed E-state index contributed by atoms with van der Waals surface area (Å²) in [6.07, 6.45) is 3.26. The number of allylic oxidation sites excluding steroid dienone is 1. The van der Waals surface area contributed by atoms with E-state index in [1.54, 1.807) is 30.3 Å². The summed E-state index contributed by atoms with van der Waals surface area (Å²) in [6.45, 7) is 4.05. The van der Waals surface area contributed by atoms with Gasteiger partial charge in [0.2, 0.25) is 5.91 Å². The fourth-order valence-electron chi connectivity index (χ4n) is 1.54. The Hall–Kier alpha value is -2.14. The van der Waals surface area contributed by atoms with Crippen LogP contribution in [0.25, 0.3) is 0 Å². The molecule has 0 aliphatic carbocycles. The van der Waals surface area contributed by atoms with Crippen LogP contribution in [0.5, 0.6) is 0 Å². The maximum Gasteiger partial charge on any atom is 0.251 e. The summed E-state index contributed by atoms with van der Waals surface area (Å²) in [4.78, 5) is 23.2. The van der Waals surface area contributed by atoms with Crippen LogP contribution in [0, 0.1) is 0 Å². The zero-order valence-corrected chi connectivity index (χ0v) is 11.4. The van der Waals surface area contributed by atoms with E-state index in [-0.39, 0.29) is 18.4 Å². The summed E-state index contributed by atoms with van der Waals surface area (Å²) in [5.74, 6) is -0.270. The van der Waals surface area contributed by atoms with Crippen LogP contribution in [-0.2, 0) is 4.79 Å². The van der Waals surface area contributed by atoms with E-state index in [1.807, 2.05) is 0 Å². The summed E-state index contributed by atoms with van der Waals surface area (Å²) in [7, 11) is 0. The smallest absolute Gasteiger partial charge is 0.251 e. The first-order chi connectivity index (χ1) is 9.67. The SMILES string of the molecule is C=CCCC(=O)Nc1ccc(C(=O)NCCCO)cc1. The van der Waals surface area contributed by atoms with Crippen molar-refractivity contribution < 1.29 is 14.7 Å². The van der Waals surface area contributed by atoms with Crippen molar-refractivity contribution in [1.82, 2.24) is 5.32 Å². The molecular formula is C15H20N2O3. The number of carbonyl (C=O) groups is 2. The predicted molar refractivity (Wildman–Crippen MR) is 78.5 cm³/mol. The first kappa shape index (κ1) is 15.9. The van der Waals surface area contributed by atoms with Crippen LogP contribution in [0.3, 0.4) is 0 Å². The number of hydrogen-bond acceptors (Lipinski definition) is 3. The van der Waals surface area contributed by atoms with E-state index in [0.717, 1.165) is 0 Å². The van der Waals surface area contributed by atoms with E-state index in [2.05, 4.69) is 17.2 Å². The molecule has 0 aliphatic heterocycles. The minimum Gasteiger partial charge on any atom is -0.396 e. The molecule has 0 unspecified atom stereocenters. The fraction of sp³-hybridized carbons (Fsp3) is 0.333. The van der Waals surface area contributed by atoms with Gasteiger partial charge < -0.3 is 15.7 Å². The second-order valence-electron chi connectivity index (χ2n) is 4.29. The van der Waals surface area contributed by atoms with Crippen LogP contribution in [0.15, 0.2) is 36.9 Å². The molecule has 0 bridgehead atoms. The van der Waals surface area contributed by atoms with Gasteiger partial charge in [0.25, 0.3) is 5.91 Å². The normalized spacial score (nSPS) is 9.85. The maximum atomic E-state index is 11.7. The van der Waals surface area contributed by atoms with Crippen molar-refractivity contribution in [2.75, 3.05) is 18.5 Å². The van der Waals surface area contributed by atoms with Crippen LogP contribution in [0.4, 0.5) is 5.69 Å². The Balaban J connectivity index is 2.49. The topological polar surface area (TPSA) is 78.4 Å². The lowest BCUT2D eigenvalue weighted by Crippen LogP contribution is -2.24. The van der Waals surface area contributed by atoms with Gasteiger partial charge in [-0.25, -0.2) is 0 Å². The van der Waals surface area contributed by atoms with Gasteiger partial charge in [-0.05, 0) is 37.1 Å². The fourth-order valence-corrected chi connectivity index (χ4v) is 1.54. The number of benzene rings is 1. The Kier molecular flexibility index (Phi) is 7.06. The van der Waals surface area contributed by atoms with E-state index in [1.165, 1.54) is 0 Å². The zero-order chi connectivity index (χ0) is 14.8. The Bertz CT molecular complexity index is 455. The molecule has 0 heterocycles. The standard InChI is InChI=1S/C15H20N2O3/c1-2-3-5-14(19)17-13-8-6-12(7-9-13)15(20)16-10-4-11-18/h2,6-9,18H,1,3-5,10-11H2,(H,16,20)(H,17,19). The van der Waals surface area contributed by atoms with E-state index in [4.69, 9.17) is 5.11 Å². The largest absolute Gasteiger partial charge is 0.396 e. The Labute approximate surface area is 118 Å². The summed E-state index contributed by atoms with van der Waals surface area (Å²) in [5.41, 5.74) is 1.18. The third-order valence-corrected chi connectivity index (χ3v) is 2.63. The molecule has 5 nitrogen and oxygen atoms in total. The van der Waals surface area contributed by atoms with Gasteiger partial charge in [-0.1, -0.05) is 6.08 Å². The van der Waals surface area contributed by atoms with Gasteiger partial charge >= 0.3 is 0 Å². The number of carbonyl (C=O) groups excluding carboxylic acids is 2. The van der Waals surface area contributed by atoms with Crippen molar-refractivity contribution in [3.63, 3.8) is 0 Å². The molecule has 1 rings (SSSR count). The number of nitrogens with one attached hydrogen (secondary N) is 2. The van der Waals surface area contributed by atoms with E-state index in [0.29, 0.717) is 37.1 Å². The van der Waals surface area contributed by atoms with Crippen LogP contribution in [0.1, 0.15) is 29.6 Å². The predicted octanol–water partition coefficient (Wildman–Crippen LogP) is 1.70. The van der Waals surface area contributed by atoms with Gasteiger partial charge in [-0.2, -0.15) is 0 Å². The number of hydrogen-bond donors (Lipinski definition) is 3. The molecular weight excluding hydrogens is 256 g/mol. The third kappa shape index (κ3) is 5.67. The van der Waals surface area contributed by atoms with Crippen molar-refractivity contribution in [2.24, 2.45) is 0 Å².